The second-order valence-electron chi connectivity index (χ2n) is 9.78. The van der Waals surface area contributed by atoms with Gasteiger partial charge in [-0.15, -0.1) is 11.3 Å². The molecule has 3 heterocycles. The summed E-state index contributed by atoms with van der Waals surface area (Å²) in [7, 11) is -2.41. The summed E-state index contributed by atoms with van der Waals surface area (Å²) in [4.78, 5) is 18.0. The van der Waals surface area contributed by atoms with Crippen LogP contribution in [-0.4, -0.2) is 33.3 Å². The van der Waals surface area contributed by atoms with Gasteiger partial charge in [0.15, 0.2) is 0 Å². The van der Waals surface area contributed by atoms with Crippen LogP contribution in [0.2, 0.25) is 0 Å². The molecule has 0 bridgehead atoms. The number of anilines is 2. The van der Waals surface area contributed by atoms with Crippen molar-refractivity contribution in [3.05, 3.63) is 123 Å². The first-order valence-corrected chi connectivity index (χ1v) is 16.4. The van der Waals surface area contributed by atoms with Crippen LogP contribution in [0.4, 0.5) is 15.9 Å². The molecule has 0 unspecified atom stereocenters. The van der Waals surface area contributed by atoms with Gasteiger partial charge in [-0.05, 0) is 76.1 Å². The summed E-state index contributed by atoms with van der Waals surface area (Å²) in [6, 6.07) is 23.1. The molecule has 0 saturated carbocycles. The summed E-state index contributed by atoms with van der Waals surface area (Å²) in [5.74, 6) is 0.934. The third-order valence-corrected chi connectivity index (χ3v) is 8.83. The monoisotopic (exact) mass is 702 g/mol. The Hall–Kier alpha value is -4.56. The topological polar surface area (TPSA) is 119 Å². The van der Waals surface area contributed by atoms with Gasteiger partial charge in [0.25, 0.3) is 0 Å². The number of hydrogen-bond acceptors (Lipinski definition) is 9. The second-order valence-corrected chi connectivity index (χ2v) is 12.5. The molecule has 0 aliphatic carbocycles. The second kappa shape index (κ2) is 14.0. The van der Waals surface area contributed by atoms with Crippen molar-refractivity contribution in [1.29, 1.82) is 0 Å². The Balaban J connectivity index is 1.16. The lowest BCUT2D eigenvalue weighted by Crippen LogP contribution is -2.26. The number of hydrogen-bond donors (Lipinski definition) is 2. The van der Waals surface area contributed by atoms with Gasteiger partial charge in [0, 0.05) is 40.3 Å². The first-order valence-electron chi connectivity index (χ1n) is 13.6. The van der Waals surface area contributed by atoms with Crippen molar-refractivity contribution in [2.24, 2.45) is 0 Å². The smallest absolute Gasteiger partial charge is 0.228 e. The molecule has 0 amide bonds. The summed E-state index contributed by atoms with van der Waals surface area (Å²) in [5, 5.41) is 9.83. The van der Waals surface area contributed by atoms with E-state index in [4.69, 9.17) is 9.72 Å². The van der Waals surface area contributed by atoms with Crippen LogP contribution in [0.5, 0.6) is 5.75 Å². The summed E-state index contributed by atoms with van der Waals surface area (Å²) in [6.45, 7) is 0.501. The Bertz CT molecular complexity index is 2120. The first-order chi connectivity index (χ1) is 21.9. The summed E-state index contributed by atoms with van der Waals surface area (Å²) in [5.41, 5.74) is 4.55. The van der Waals surface area contributed by atoms with Gasteiger partial charge < -0.3 is 10.1 Å². The quantitative estimate of drug-likeness (QED) is 0.150. The Labute approximate surface area is 271 Å². The standard InChI is InChI=1S/C32H24BrFN6O3S2/c33-26-14-24(8-10-29(26)43-17-20-4-3-5-22(34)12-20)39-32-25-13-21(7-9-27(25)37-19-38-32)28-18-44-30(40-28)16-36-31(45(41)42)15-23-6-1-2-11-35-23/h1-14,18-19,36H,15-17H2,(H,37,38,39). The van der Waals surface area contributed by atoms with Crippen LogP contribution in [0, 0.1) is 5.82 Å². The fourth-order valence-corrected chi connectivity index (χ4v) is 6.17. The number of aromatic nitrogens is 4. The fourth-order valence-electron chi connectivity index (χ4n) is 4.48. The molecule has 6 aromatic rings. The molecule has 0 radical (unpaired) electrons. The molecule has 0 fully saturated rings. The molecule has 45 heavy (non-hydrogen) atoms. The number of nitrogens with zero attached hydrogens (tertiary/aromatic N) is 4. The molecule has 0 saturated heterocycles. The molecule has 6 rings (SSSR count). The van der Waals surface area contributed by atoms with E-state index in [2.05, 4.69) is 41.5 Å². The summed E-state index contributed by atoms with van der Waals surface area (Å²) in [6.07, 6.45) is 3.31. The van der Waals surface area contributed by atoms with Gasteiger partial charge in [-0.1, -0.05) is 24.3 Å². The maximum Gasteiger partial charge on any atom is 0.228 e. The van der Waals surface area contributed by atoms with Crippen LogP contribution in [0.25, 0.3) is 22.2 Å². The van der Waals surface area contributed by atoms with E-state index in [1.54, 1.807) is 24.4 Å². The van der Waals surface area contributed by atoms with Gasteiger partial charge >= 0.3 is 0 Å². The predicted molar refractivity (Wildman–Crippen MR) is 178 cm³/mol. The third kappa shape index (κ3) is 7.75. The van der Waals surface area contributed by atoms with Crippen LogP contribution in [0.1, 0.15) is 16.3 Å². The van der Waals surface area contributed by atoms with Crippen LogP contribution in [0.15, 0.2) is 101 Å². The van der Waals surface area contributed by atoms with Crippen LogP contribution >= 0.6 is 27.3 Å². The third-order valence-electron chi connectivity index (χ3n) is 6.67. The summed E-state index contributed by atoms with van der Waals surface area (Å²) < 4.78 is 43.7. The van der Waals surface area contributed by atoms with Crippen molar-refractivity contribution in [1.82, 2.24) is 25.3 Å². The van der Waals surface area contributed by atoms with Crippen molar-refractivity contribution < 1.29 is 17.5 Å². The Morgan fingerprint density at radius 1 is 0.978 bits per heavy atom. The lowest BCUT2D eigenvalue weighted by atomic mass is 10.1. The highest BCUT2D eigenvalue weighted by Crippen LogP contribution is 2.33. The number of benzene rings is 3. The Morgan fingerprint density at radius 2 is 1.89 bits per heavy atom. The van der Waals surface area contributed by atoms with E-state index < -0.39 is 10.3 Å². The molecule has 3 aromatic heterocycles. The minimum Gasteiger partial charge on any atom is -0.488 e. The lowest BCUT2D eigenvalue weighted by molar-refractivity contribution is 0.303. The van der Waals surface area contributed by atoms with E-state index in [0.717, 1.165) is 42.9 Å². The van der Waals surface area contributed by atoms with E-state index in [9.17, 15) is 12.8 Å². The Kier molecular flexibility index (Phi) is 9.50. The number of pyridine rings is 1. The number of halogens is 2. The molecule has 0 atom stereocenters. The average Bonchev–Trinajstić information content (AvgIpc) is 3.52. The van der Waals surface area contributed by atoms with Crippen molar-refractivity contribution in [2.45, 2.75) is 19.6 Å². The molecule has 9 nitrogen and oxygen atoms in total. The summed E-state index contributed by atoms with van der Waals surface area (Å²) >= 11 is 5.00. The first kappa shape index (κ1) is 30.5. The zero-order valence-corrected chi connectivity index (χ0v) is 26.7. The minimum atomic E-state index is -2.41. The van der Waals surface area contributed by atoms with Gasteiger partial charge in [0.05, 0.1) is 22.2 Å². The van der Waals surface area contributed by atoms with Gasteiger partial charge in [-0.3, -0.25) is 10.3 Å². The molecule has 0 aliphatic rings. The van der Waals surface area contributed by atoms with E-state index in [1.165, 1.54) is 29.8 Å². The minimum absolute atomic E-state index is 0.154. The molecular formula is C32H24BrFN6O3S2. The average molecular weight is 704 g/mol. The van der Waals surface area contributed by atoms with Crippen molar-refractivity contribution in [3.8, 4) is 17.0 Å². The van der Waals surface area contributed by atoms with E-state index >= 15 is 0 Å². The number of rotatable bonds is 10. The van der Waals surface area contributed by atoms with Gasteiger partial charge in [0.2, 0.25) is 10.3 Å². The molecule has 226 valence electrons. The van der Waals surface area contributed by atoms with Crippen molar-refractivity contribution >= 4 is 65.0 Å². The van der Waals surface area contributed by atoms with Gasteiger partial charge in [0.1, 0.15) is 40.3 Å². The van der Waals surface area contributed by atoms with Gasteiger partial charge in [-0.2, -0.15) is 8.42 Å². The van der Waals surface area contributed by atoms with Crippen LogP contribution in [0.3, 0.4) is 0 Å². The zero-order chi connectivity index (χ0) is 31.2. The van der Waals surface area contributed by atoms with Crippen molar-refractivity contribution in [2.75, 3.05) is 5.32 Å². The number of thiazole rings is 1. The van der Waals surface area contributed by atoms with Crippen molar-refractivity contribution in [3.63, 3.8) is 0 Å². The maximum atomic E-state index is 13.5. The zero-order valence-electron chi connectivity index (χ0n) is 23.4. The lowest BCUT2D eigenvalue weighted by Gasteiger charge is -2.12. The molecule has 3 aromatic carbocycles. The molecular weight excluding hydrogens is 679 g/mol. The van der Waals surface area contributed by atoms with Crippen LogP contribution < -0.4 is 15.4 Å². The van der Waals surface area contributed by atoms with E-state index in [-0.39, 0.29) is 30.4 Å². The predicted octanol–water partition coefficient (Wildman–Crippen LogP) is 6.71. The number of fused-ring (bicyclic) bond motifs is 1. The highest BCUT2D eigenvalue weighted by Gasteiger charge is 2.12. The maximum absolute atomic E-state index is 13.5. The highest BCUT2D eigenvalue weighted by atomic mass is 79.9. The normalized spacial score (nSPS) is 11.0. The molecule has 0 aliphatic heterocycles. The van der Waals surface area contributed by atoms with Crippen LogP contribution in [-0.2, 0) is 29.9 Å². The number of nitrogens with one attached hydrogen (secondary N) is 2. The fraction of sp³-hybridized carbons (Fsp3) is 0.0938. The van der Waals surface area contributed by atoms with E-state index in [1.807, 2.05) is 53.9 Å². The molecule has 2 N–H and O–H groups in total. The molecule has 13 heteroatoms. The largest absolute Gasteiger partial charge is 0.488 e. The highest BCUT2D eigenvalue weighted by molar-refractivity contribution is 9.10. The van der Waals surface area contributed by atoms with E-state index in [0.29, 0.717) is 17.3 Å². The Morgan fingerprint density at radius 3 is 2.69 bits per heavy atom. The number of ether oxygens (including phenoxy) is 1. The SMILES string of the molecule is O=S(=O)=C(Cc1ccccn1)NCc1nc(-c2ccc3ncnc(Nc4ccc(OCc5cccc(F)c5)c(Br)c4)c3c2)cs1. The van der Waals surface area contributed by atoms with Gasteiger partial charge in [-0.25, -0.2) is 19.3 Å². The molecule has 0 spiro atoms.